The second-order valence-electron chi connectivity index (χ2n) is 9.84. The molecule has 33 heavy (non-hydrogen) atoms. The highest BCUT2D eigenvalue weighted by molar-refractivity contribution is 5.47. The Morgan fingerprint density at radius 1 is 1.00 bits per heavy atom. The molecular formula is C27H29FN4O. The summed E-state index contributed by atoms with van der Waals surface area (Å²) in [5, 5.41) is 11.2. The van der Waals surface area contributed by atoms with E-state index in [1.807, 2.05) is 12.1 Å². The summed E-state index contributed by atoms with van der Waals surface area (Å²) in [7, 11) is 0. The van der Waals surface area contributed by atoms with Gasteiger partial charge in [0.25, 0.3) is 5.56 Å². The lowest BCUT2D eigenvalue weighted by Gasteiger charge is -2.42. The third-order valence-electron chi connectivity index (χ3n) is 7.75. The van der Waals surface area contributed by atoms with Crippen molar-refractivity contribution in [2.45, 2.75) is 56.7 Å². The van der Waals surface area contributed by atoms with Crippen molar-refractivity contribution in [2.24, 2.45) is 0 Å². The Bertz CT molecular complexity index is 1220. The number of nitrogens with zero attached hydrogens (tertiary/aromatic N) is 2. The first-order valence-corrected chi connectivity index (χ1v) is 12.0. The molecule has 0 spiro atoms. The minimum atomic E-state index is -0.252. The number of aromatic amines is 1. The van der Waals surface area contributed by atoms with Gasteiger partial charge < -0.3 is 5.32 Å². The van der Waals surface area contributed by atoms with E-state index < -0.39 is 0 Å². The first-order valence-electron chi connectivity index (χ1n) is 12.0. The number of H-pyrrole nitrogens is 1. The zero-order valence-electron chi connectivity index (χ0n) is 18.9. The van der Waals surface area contributed by atoms with Crippen LogP contribution in [0.2, 0.25) is 0 Å². The molecule has 3 aliphatic rings. The van der Waals surface area contributed by atoms with Crippen LogP contribution < -0.4 is 10.9 Å². The van der Waals surface area contributed by atoms with Crippen LogP contribution in [-0.2, 0) is 6.54 Å². The van der Waals surface area contributed by atoms with Crippen LogP contribution in [0.15, 0.2) is 53.3 Å². The Labute approximate surface area is 193 Å². The highest BCUT2D eigenvalue weighted by Crippen LogP contribution is 2.49. The maximum Gasteiger partial charge on any atom is 0.267 e. The molecule has 0 radical (unpaired) electrons. The van der Waals surface area contributed by atoms with Gasteiger partial charge in [-0.3, -0.25) is 9.69 Å². The molecule has 5 nitrogen and oxygen atoms in total. The number of halogens is 1. The fourth-order valence-corrected chi connectivity index (χ4v) is 5.86. The van der Waals surface area contributed by atoms with Crippen molar-refractivity contribution in [2.75, 3.05) is 13.1 Å². The van der Waals surface area contributed by atoms with Crippen molar-refractivity contribution in [3.8, 4) is 0 Å². The van der Waals surface area contributed by atoms with E-state index in [-0.39, 0.29) is 35.3 Å². The molecule has 6 rings (SSSR count). The third-order valence-corrected chi connectivity index (χ3v) is 7.75. The maximum absolute atomic E-state index is 13.8. The quantitative estimate of drug-likeness (QED) is 0.621. The lowest BCUT2D eigenvalue weighted by Crippen LogP contribution is -2.42. The molecule has 2 aliphatic heterocycles. The van der Waals surface area contributed by atoms with Crippen molar-refractivity contribution < 1.29 is 4.39 Å². The van der Waals surface area contributed by atoms with Crippen LogP contribution in [0.4, 0.5) is 4.39 Å². The molecule has 1 fully saturated rings. The van der Waals surface area contributed by atoms with Gasteiger partial charge in [0.2, 0.25) is 0 Å². The van der Waals surface area contributed by atoms with Crippen LogP contribution in [0.1, 0.15) is 83.6 Å². The molecule has 1 aromatic heterocycles. The summed E-state index contributed by atoms with van der Waals surface area (Å²) in [6, 6.07) is 15.7. The van der Waals surface area contributed by atoms with E-state index in [2.05, 4.69) is 51.6 Å². The smallest absolute Gasteiger partial charge is 0.267 e. The van der Waals surface area contributed by atoms with Gasteiger partial charge in [-0.15, -0.1) is 0 Å². The van der Waals surface area contributed by atoms with Gasteiger partial charge in [0.15, 0.2) is 0 Å². The molecule has 1 saturated heterocycles. The minimum absolute atomic E-state index is 0.00863. The van der Waals surface area contributed by atoms with Crippen molar-refractivity contribution in [3.05, 3.63) is 98.2 Å². The zero-order chi connectivity index (χ0) is 22.5. The SMILES string of the molecule is CC1CCC2NC(c3ccc(CN4CCC4)cc3)C(c3ccc(F)cc3)c3n[nH]c(=O)c1c32. The Morgan fingerprint density at radius 2 is 1.73 bits per heavy atom. The van der Waals surface area contributed by atoms with Crippen LogP contribution >= 0.6 is 0 Å². The standard InChI is InChI=1S/C27H29FN4O/c1-16-3-12-21-24-22(16)27(33)31-30-26(24)23(18-8-10-20(28)11-9-18)25(29-21)19-6-4-17(5-7-19)15-32-13-2-14-32/h4-11,16,21,23,25,29H,2-3,12-15H2,1H3,(H,31,33). The average Bonchev–Trinajstić information content (AvgIpc) is 2.80. The van der Waals surface area contributed by atoms with E-state index in [1.165, 1.54) is 42.8 Å². The number of hydrogen-bond acceptors (Lipinski definition) is 4. The second kappa shape index (κ2) is 8.19. The molecular weight excluding hydrogens is 415 g/mol. The third kappa shape index (κ3) is 3.62. The van der Waals surface area contributed by atoms with E-state index in [9.17, 15) is 9.18 Å². The number of nitrogens with one attached hydrogen (secondary N) is 2. The van der Waals surface area contributed by atoms with Crippen LogP contribution in [0, 0.1) is 5.82 Å². The molecule has 4 atom stereocenters. The zero-order valence-corrected chi connectivity index (χ0v) is 18.9. The molecule has 3 heterocycles. The van der Waals surface area contributed by atoms with Crippen LogP contribution in [0.3, 0.4) is 0 Å². The van der Waals surface area contributed by atoms with Gasteiger partial charge in [0.05, 0.1) is 5.69 Å². The molecule has 0 saturated carbocycles. The molecule has 2 N–H and O–H groups in total. The summed E-state index contributed by atoms with van der Waals surface area (Å²) < 4.78 is 13.8. The number of benzene rings is 2. The Hall–Kier alpha value is -2.83. The summed E-state index contributed by atoms with van der Waals surface area (Å²) in [4.78, 5) is 15.2. The predicted octanol–water partition coefficient (Wildman–Crippen LogP) is 4.53. The van der Waals surface area contributed by atoms with Gasteiger partial charge >= 0.3 is 0 Å². The number of aromatic nitrogens is 2. The summed E-state index contributed by atoms with van der Waals surface area (Å²) >= 11 is 0. The Balaban J connectivity index is 1.45. The molecule has 0 amide bonds. The van der Waals surface area contributed by atoms with Crippen molar-refractivity contribution in [1.82, 2.24) is 20.4 Å². The van der Waals surface area contributed by atoms with Gasteiger partial charge in [-0.2, -0.15) is 5.10 Å². The Kier molecular flexibility index (Phi) is 5.15. The molecule has 6 heteroatoms. The van der Waals surface area contributed by atoms with Crippen molar-refractivity contribution in [1.29, 1.82) is 0 Å². The highest BCUT2D eigenvalue weighted by Gasteiger charge is 2.42. The number of likely N-dealkylation sites (tertiary alicyclic amines) is 1. The summed E-state index contributed by atoms with van der Waals surface area (Å²) in [6.07, 6.45) is 3.24. The van der Waals surface area contributed by atoms with Gasteiger partial charge in [-0.1, -0.05) is 43.3 Å². The van der Waals surface area contributed by atoms with Gasteiger partial charge in [0, 0.05) is 35.7 Å². The lowest BCUT2D eigenvalue weighted by atomic mass is 9.72. The van der Waals surface area contributed by atoms with Crippen LogP contribution in [0.5, 0.6) is 0 Å². The second-order valence-corrected chi connectivity index (χ2v) is 9.84. The van der Waals surface area contributed by atoms with E-state index >= 15 is 0 Å². The monoisotopic (exact) mass is 444 g/mol. The van der Waals surface area contributed by atoms with E-state index in [1.54, 1.807) is 0 Å². The first kappa shape index (κ1) is 20.8. The fraction of sp³-hybridized carbons (Fsp3) is 0.407. The van der Waals surface area contributed by atoms with Gasteiger partial charge in [0.1, 0.15) is 5.82 Å². The van der Waals surface area contributed by atoms with Gasteiger partial charge in [-0.25, -0.2) is 9.49 Å². The van der Waals surface area contributed by atoms with Gasteiger partial charge in [-0.05, 0) is 67.1 Å². The average molecular weight is 445 g/mol. The maximum atomic E-state index is 13.8. The highest BCUT2D eigenvalue weighted by atomic mass is 19.1. The predicted molar refractivity (Wildman–Crippen MR) is 126 cm³/mol. The van der Waals surface area contributed by atoms with Crippen LogP contribution in [-0.4, -0.2) is 28.2 Å². The molecule has 0 bridgehead atoms. The first-order chi connectivity index (χ1) is 16.1. The van der Waals surface area contributed by atoms with E-state index in [0.29, 0.717) is 0 Å². The summed E-state index contributed by atoms with van der Waals surface area (Å²) in [5.74, 6) is -0.161. The molecule has 3 aromatic rings. The largest absolute Gasteiger partial charge is 0.302 e. The van der Waals surface area contributed by atoms with E-state index in [0.717, 1.165) is 41.8 Å². The lowest BCUT2D eigenvalue weighted by molar-refractivity contribution is 0.172. The van der Waals surface area contributed by atoms with Crippen LogP contribution in [0.25, 0.3) is 0 Å². The fourth-order valence-electron chi connectivity index (χ4n) is 5.86. The summed E-state index contributed by atoms with van der Waals surface area (Å²) in [5.41, 5.74) is 6.26. The number of rotatable bonds is 4. The number of hydrogen-bond donors (Lipinski definition) is 2. The molecule has 2 aromatic carbocycles. The minimum Gasteiger partial charge on any atom is -0.302 e. The van der Waals surface area contributed by atoms with Crippen molar-refractivity contribution in [3.63, 3.8) is 0 Å². The molecule has 4 unspecified atom stereocenters. The van der Waals surface area contributed by atoms with Crippen molar-refractivity contribution >= 4 is 0 Å². The Morgan fingerprint density at radius 3 is 2.42 bits per heavy atom. The topological polar surface area (TPSA) is 61.0 Å². The molecule has 1 aliphatic carbocycles. The normalized spacial score (nSPS) is 26.5. The van der Waals surface area contributed by atoms with E-state index in [4.69, 9.17) is 0 Å². The summed E-state index contributed by atoms with van der Waals surface area (Å²) in [6.45, 7) is 5.48. The molecule has 170 valence electrons.